The summed E-state index contributed by atoms with van der Waals surface area (Å²) in [5.74, 6) is -1.18. The van der Waals surface area contributed by atoms with Crippen LogP contribution in [0.2, 0.25) is 0 Å². The van der Waals surface area contributed by atoms with Gasteiger partial charge in [0, 0.05) is 19.1 Å². The largest absolute Gasteiger partial charge is 0.480 e. The number of nitro benzene ring substituents is 1. The molecule has 1 unspecified atom stereocenters. The maximum absolute atomic E-state index is 10.5. The molecule has 142 valence electrons. The van der Waals surface area contributed by atoms with E-state index in [-0.39, 0.29) is 11.6 Å². The van der Waals surface area contributed by atoms with Crippen LogP contribution in [-0.4, -0.2) is 45.9 Å². The number of para-hydroxylation sites is 1. The maximum Gasteiger partial charge on any atom is 0.326 e. The lowest BCUT2D eigenvalue weighted by atomic mass is 10.1. The quantitative estimate of drug-likeness (QED) is 0.348. The van der Waals surface area contributed by atoms with Crippen molar-refractivity contribution in [3.8, 4) is 0 Å². The fourth-order valence-electron chi connectivity index (χ4n) is 1.71. The number of hydrogen-bond acceptors (Lipinski definition) is 6. The Morgan fingerprint density at radius 1 is 1.38 bits per heavy atom. The molecule has 0 saturated carbocycles. The van der Waals surface area contributed by atoms with Gasteiger partial charge in [-0.25, -0.2) is 4.79 Å². The first-order valence-electron chi connectivity index (χ1n) is 7.38. The van der Waals surface area contributed by atoms with Gasteiger partial charge in [-0.05, 0) is 30.6 Å². The molecule has 0 radical (unpaired) electrons. The van der Waals surface area contributed by atoms with Crippen LogP contribution in [-0.2, 0) is 14.4 Å². The van der Waals surface area contributed by atoms with E-state index in [4.69, 9.17) is 10.8 Å². The molecule has 26 heavy (non-hydrogen) atoms. The van der Waals surface area contributed by atoms with E-state index in [9.17, 15) is 24.5 Å². The van der Waals surface area contributed by atoms with Crippen molar-refractivity contribution in [1.82, 2.24) is 5.32 Å². The molecule has 1 aromatic carbocycles. The van der Waals surface area contributed by atoms with E-state index in [1.807, 2.05) is 6.26 Å². The molecule has 0 aromatic heterocycles. The highest BCUT2D eigenvalue weighted by atomic mass is 32.2. The van der Waals surface area contributed by atoms with E-state index in [0.717, 1.165) is 11.8 Å². The van der Waals surface area contributed by atoms with E-state index in [2.05, 4.69) is 5.32 Å². The fraction of sp³-hybridized carbons (Fsp3) is 0.312. The number of nitro groups is 1. The second-order valence-corrected chi connectivity index (χ2v) is 5.91. The summed E-state index contributed by atoms with van der Waals surface area (Å²) in [6.45, 7) is 1.31. The molecule has 0 aliphatic carbocycles. The monoisotopic (exact) mass is 383 g/mol. The number of carboxylic acids is 1. The van der Waals surface area contributed by atoms with Crippen LogP contribution in [0.15, 0.2) is 30.3 Å². The number of rotatable bonds is 8. The predicted octanol–water partition coefficient (Wildman–Crippen LogP) is 1.42. The molecule has 0 fully saturated rings. The van der Waals surface area contributed by atoms with Crippen LogP contribution in [0.1, 0.15) is 18.9 Å². The number of thioether (sulfide) groups is 1. The van der Waals surface area contributed by atoms with Crippen molar-refractivity contribution >= 4 is 41.3 Å². The van der Waals surface area contributed by atoms with Gasteiger partial charge in [0.25, 0.3) is 5.69 Å². The topological polar surface area (TPSA) is 153 Å². The van der Waals surface area contributed by atoms with Crippen LogP contribution < -0.4 is 11.1 Å². The molecule has 1 rings (SSSR count). The number of nitrogens with one attached hydrogen (secondary N) is 1. The number of nitrogens with zero attached hydrogens (tertiary/aromatic N) is 1. The third-order valence-electron chi connectivity index (χ3n) is 2.85. The summed E-state index contributed by atoms with van der Waals surface area (Å²) in [6, 6.07) is 5.36. The minimum absolute atomic E-state index is 0.0509. The Hall–Kier alpha value is -2.88. The lowest BCUT2D eigenvalue weighted by molar-refractivity contribution is -0.385. The molecule has 1 atom stereocenters. The first-order valence-corrected chi connectivity index (χ1v) is 8.78. The Morgan fingerprint density at radius 3 is 2.46 bits per heavy atom. The first kappa shape index (κ1) is 23.1. The van der Waals surface area contributed by atoms with Crippen LogP contribution in [0.25, 0.3) is 6.08 Å². The van der Waals surface area contributed by atoms with Gasteiger partial charge in [0.2, 0.25) is 11.8 Å². The van der Waals surface area contributed by atoms with Crippen molar-refractivity contribution in [3.05, 3.63) is 46.0 Å². The van der Waals surface area contributed by atoms with Gasteiger partial charge in [0.1, 0.15) is 6.04 Å². The Labute approximate surface area is 154 Å². The lowest BCUT2D eigenvalue weighted by Crippen LogP contribution is -2.39. The van der Waals surface area contributed by atoms with Crippen LogP contribution in [0.3, 0.4) is 0 Å². The zero-order valence-electron chi connectivity index (χ0n) is 14.4. The average molecular weight is 383 g/mol. The molecule has 0 saturated heterocycles. The number of carbonyl (C=O) groups excluding carboxylic acids is 2. The highest BCUT2D eigenvalue weighted by Crippen LogP contribution is 2.18. The van der Waals surface area contributed by atoms with Gasteiger partial charge in [-0.1, -0.05) is 12.1 Å². The summed E-state index contributed by atoms with van der Waals surface area (Å²) in [4.78, 5) is 41.5. The summed E-state index contributed by atoms with van der Waals surface area (Å²) in [5, 5.41) is 21.5. The zero-order chi connectivity index (χ0) is 20.1. The maximum atomic E-state index is 10.5. The first-order chi connectivity index (χ1) is 12.2. The second-order valence-electron chi connectivity index (χ2n) is 4.92. The normalized spacial score (nSPS) is 11.2. The molecule has 10 heteroatoms. The Kier molecular flexibility index (Phi) is 11.1. The van der Waals surface area contributed by atoms with Gasteiger partial charge in [-0.3, -0.25) is 19.7 Å². The van der Waals surface area contributed by atoms with Gasteiger partial charge in [0.05, 0.1) is 10.5 Å². The summed E-state index contributed by atoms with van der Waals surface area (Å²) >= 11 is 1.56. The van der Waals surface area contributed by atoms with Crippen LogP contribution >= 0.6 is 11.8 Å². The third-order valence-corrected chi connectivity index (χ3v) is 3.49. The van der Waals surface area contributed by atoms with Crippen molar-refractivity contribution in [1.29, 1.82) is 0 Å². The van der Waals surface area contributed by atoms with E-state index in [1.165, 1.54) is 25.1 Å². The van der Waals surface area contributed by atoms with E-state index >= 15 is 0 Å². The van der Waals surface area contributed by atoms with E-state index in [1.54, 1.807) is 23.9 Å². The molecule has 1 aromatic rings. The highest BCUT2D eigenvalue weighted by Gasteiger charge is 2.16. The van der Waals surface area contributed by atoms with E-state index in [0.29, 0.717) is 12.0 Å². The van der Waals surface area contributed by atoms with Crippen molar-refractivity contribution in [2.75, 3.05) is 12.0 Å². The molecule has 0 aliphatic rings. The van der Waals surface area contributed by atoms with Crippen molar-refractivity contribution in [2.24, 2.45) is 5.73 Å². The van der Waals surface area contributed by atoms with Crippen molar-refractivity contribution < 1.29 is 24.4 Å². The Morgan fingerprint density at radius 2 is 2.00 bits per heavy atom. The number of benzene rings is 1. The standard InChI is InChI=1S/C9H8N2O3.C7H13NO3S/c10-9(12)6-5-7-3-1-2-4-8(7)11(13)14;1-5(9)8-6(7(10)11)3-4-12-2/h1-6H,(H2,10,12);6H,3-4H2,1-2H3,(H,8,9)(H,10,11). The highest BCUT2D eigenvalue weighted by molar-refractivity contribution is 7.98. The van der Waals surface area contributed by atoms with Gasteiger partial charge >= 0.3 is 5.97 Å². The number of hydrogen-bond donors (Lipinski definition) is 3. The number of primary amides is 1. The lowest BCUT2D eigenvalue weighted by Gasteiger charge is -2.11. The Bertz CT molecular complexity index is 678. The smallest absolute Gasteiger partial charge is 0.326 e. The van der Waals surface area contributed by atoms with Crippen LogP contribution in [0, 0.1) is 10.1 Å². The molecule has 0 heterocycles. The minimum Gasteiger partial charge on any atom is -0.480 e. The summed E-state index contributed by atoms with van der Waals surface area (Å²) in [7, 11) is 0. The van der Waals surface area contributed by atoms with Crippen molar-refractivity contribution in [2.45, 2.75) is 19.4 Å². The van der Waals surface area contributed by atoms with Gasteiger partial charge in [0.15, 0.2) is 0 Å². The molecular formula is C16H21N3O6S. The average Bonchev–Trinajstić information content (AvgIpc) is 2.57. The SMILES string of the molecule is CSCCC(NC(C)=O)C(=O)O.NC(=O)C=Cc1ccccc1[N+](=O)[O-]. The molecule has 9 nitrogen and oxygen atoms in total. The van der Waals surface area contributed by atoms with E-state index < -0.39 is 22.8 Å². The number of aliphatic carboxylic acids is 1. The number of nitrogens with two attached hydrogens (primary N) is 1. The number of carboxylic acid groups (broad SMARTS) is 1. The summed E-state index contributed by atoms with van der Waals surface area (Å²) in [6.07, 6.45) is 4.77. The molecule has 4 N–H and O–H groups in total. The van der Waals surface area contributed by atoms with Crippen molar-refractivity contribution in [3.63, 3.8) is 0 Å². The van der Waals surface area contributed by atoms with Gasteiger partial charge in [-0.15, -0.1) is 0 Å². The molecular weight excluding hydrogens is 362 g/mol. The van der Waals surface area contributed by atoms with Gasteiger partial charge < -0.3 is 16.2 Å². The number of carbonyl (C=O) groups is 3. The molecule has 0 spiro atoms. The summed E-state index contributed by atoms with van der Waals surface area (Å²) in [5.41, 5.74) is 5.18. The third kappa shape index (κ3) is 10.1. The van der Waals surface area contributed by atoms with Crippen LogP contribution in [0.4, 0.5) is 5.69 Å². The predicted molar refractivity (Wildman–Crippen MR) is 99.6 cm³/mol. The molecule has 0 bridgehead atoms. The second kappa shape index (κ2) is 12.5. The molecule has 2 amide bonds. The fourth-order valence-corrected chi connectivity index (χ4v) is 2.18. The molecule has 0 aliphatic heterocycles. The van der Waals surface area contributed by atoms with Crippen LogP contribution in [0.5, 0.6) is 0 Å². The summed E-state index contributed by atoms with van der Waals surface area (Å²) < 4.78 is 0. The number of amides is 2. The van der Waals surface area contributed by atoms with Gasteiger partial charge in [-0.2, -0.15) is 11.8 Å². The minimum atomic E-state index is -0.973. The Balaban J connectivity index is 0.000000488. The zero-order valence-corrected chi connectivity index (χ0v) is 15.2.